The van der Waals surface area contributed by atoms with Gasteiger partial charge in [-0.25, -0.2) is 4.79 Å². The van der Waals surface area contributed by atoms with Crippen molar-refractivity contribution in [2.45, 2.75) is 31.7 Å². The first kappa shape index (κ1) is 16.8. The first-order valence-corrected chi connectivity index (χ1v) is 8.74. The van der Waals surface area contributed by atoms with Crippen LogP contribution in [0.3, 0.4) is 0 Å². The van der Waals surface area contributed by atoms with Gasteiger partial charge in [-0.15, -0.1) is 0 Å². The van der Waals surface area contributed by atoms with Gasteiger partial charge in [0.2, 0.25) is 5.91 Å². The van der Waals surface area contributed by atoms with Gasteiger partial charge in [0, 0.05) is 25.6 Å². The summed E-state index contributed by atoms with van der Waals surface area (Å²) in [5.74, 6) is 0.923. The van der Waals surface area contributed by atoms with E-state index in [0.29, 0.717) is 32.5 Å². The van der Waals surface area contributed by atoms with Gasteiger partial charge < -0.3 is 20.4 Å². The summed E-state index contributed by atoms with van der Waals surface area (Å²) in [7, 11) is 0. The summed E-state index contributed by atoms with van der Waals surface area (Å²) in [5.41, 5.74) is 5.28. The maximum absolute atomic E-state index is 12.5. The fraction of sp³-hybridized carbons (Fsp3) is 0.647. The minimum Gasteiger partial charge on any atom is -0.468 e. The second-order valence-corrected chi connectivity index (χ2v) is 6.62. The van der Waals surface area contributed by atoms with Crippen LogP contribution in [0.5, 0.6) is 0 Å². The Morgan fingerprint density at radius 2 is 1.96 bits per heavy atom. The predicted molar refractivity (Wildman–Crippen MR) is 89.1 cm³/mol. The zero-order valence-electron chi connectivity index (χ0n) is 13.9. The summed E-state index contributed by atoms with van der Waals surface area (Å²) in [6.07, 6.45) is 5.40. The number of amides is 3. The number of piperidine rings is 1. The van der Waals surface area contributed by atoms with Crippen LogP contribution in [0.15, 0.2) is 22.8 Å². The van der Waals surface area contributed by atoms with Gasteiger partial charge in [-0.1, -0.05) is 0 Å². The van der Waals surface area contributed by atoms with Gasteiger partial charge >= 0.3 is 6.03 Å². The topological polar surface area (TPSA) is 91.8 Å². The number of carbonyl (C=O) groups is 2. The fourth-order valence-corrected chi connectivity index (χ4v) is 3.65. The zero-order chi connectivity index (χ0) is 16.9. The molecular weight excluding hydrogens is 308 g/mol. The lowest BCUT2D eigenvalue weighted by Gasteiger charge is -2.31. The zero-order valence-corrected chi connectivity index (χ0v) is 13.9. The number of hydrogen-bond acceptors (Lipinski definition) is 4. The third kappa shape index (κ3) is 3.90. The molecule has 1 atom stereocenters. The molecule has 1 aromatic heterocycles. The minimum atomic E-state index is -0.402. The highest BCUT2D eigenvalue weighted by Crippen LogP contribution is 2.25. The maximum atomic E-state index is 12.5. The van der Waals surface area contributed by atoms with Gasteiger partial charge in [-0.05, 0) is 50.9 Å². The van der Waals surface area contributed by atoms with Crippen LogP contribution in [0, 0.1) is 5.92 Å². The van der Waals surface area contributed by atoms with Crippen LogP contribution in [0.25, 0.3) is 0 Å². The SMILES string of the molecule is NC(=O)N1CCC(C(=O)NCC(c2ccco2)N2CCCC2)CC1. The van der Waals surface area contributed by atoms with E-state index in [1.807, 2.05) is 12.1 Å². The van der Waals surface area contributed by atoms with E-state index in [0.717, 1.165) is 18.8 Å². The van der Waals surface area contributed by atoms with Gasteiger partial charge in [0.15, 0.2) is 0 Å². The Hall–Kier alpha value is -2.02. The molecule has 7 heteroatoms. The molecule has 24 heavy (non-hydrogen) atoms. The maximum Gasteiger partial charge on any atom is 0.314 e. The molecule has 1 unspecified atom stereocenters. The van der Waals surface area contributed by atoms with E-state index in [9.17, 15) is 9.59 Å². The van der Waals surface area contributed by atoms with Crippen molar-refractivity contribution in [3.8, 4) is 0 Å². The lowest BCUT2D eigenvalue weighted by Crippen LogP contribution is -2.46. The van der Waals surface area contributed by atoms with E-state index in [-0.39, 0.29) is 17.9 Å². The summed E-state index contributed by atoms with van der Waals surface area (Å²) >= 11 is 0. The number of primary amides is 1. The normalized spacial score (nSPS) is 20.9. The summed E-state index contributed by atoms with van der Waals surface area (Å²) in [6.45, 7) is 3.75. The van der Waals surface area contributed by atoms with Crippen LogP contribution < -0.4 is 11.1 Å². The summed E-state index contributed by atoms with van der Waals surface area (Å²) < 4.78 is 5.58. The van der Waals surface area contributed by atoms with E-state index < -0.39 is 6.03 Å². The Morgan fingerprint density at radius 3 is 2.54 bits per heavy atom. The number of furan rings is 1. The monoisotopic (exact) mass is 334 g/mol. The quantitative estimate of drug-likeness (QED) is 0.849. The van der Waals surface area contributed by atoms with Crippen molar-refractivity contribution in [2.24, 2.45) is 11.7 Å². The lowest BCUT2D eigenvalue weighted by molar-refractivity contribution is -0.126. The van der Waals surface area contributed by atoms with Crippen molar-refractivity contribution in [1.82, 2.24) is 15.1 Å². The van der Waals surface area contributed by atoms with Gasteiger partial charge in [-0.3, -0.25) is 9.69 Å². The van der Waals surface area contributed by atoms with Gasteiger partial charge in [0.25, 0.3) is 0 Å². The third-order valence-corrected chi connectivity index (χ3v) is 5.10. The number of rotatable bonds is 5. The van der Waals surface area contributed by atoms with E-state index in [4.69, 9.17) is 10.2 Å². The number of nitrogens with one attached hydrogen (secondary N) is 1. The molecule has 3 rings (SSSR count). The first-order valence-electron chi connectivity index (χ1n) is 8.74. The van der Waals surface area contributed by atoms with Crippen molar-refractivity contribution in [3.05, 3.63) is 24.2 Å². The van der Waals surface area contributed by atoms with Gasteiger partial charge in [0.05, 0.1) is 12.3 Å². The molecule has 3 heterocycles. The van der Waals surface area contributed by atoms with Crippen molar-refractivity contribution in [2.75, 3.05) is 32.7 Å². The molecular formula is C17H26N4O3. The Labute approximate surface area is 142 Å². The Bertz CT molecular complexity index is 546. The molecule has 2 aliphatic rings. The van der Waals surface area contributed by atoms with Crippen molar-refractivity contribution >= 4 is 11.9 Å². The van der Waals surface area contributed by atoms with E-state index in [2.05, 4.69) is 10.2 Å². The predicted octanol–water partition coefficient (Wildman–Crippen LogP) is 1.32. The van der Waals surface area contributed by atoms with E-state index in [1.165, 1.54) is 12.8 Å². The van der Waals surface area contributed by atoms with Crippen LogP contribution >= 0.6 is 0 Å². The molecule has 2 saturated heterocycles. The Balaban J connectivity index is 1.53. The largest absolute Gasteiger partial charge is 0.468 e. The molecule has 7 nitrogen and oxygen atoms in total. The molecule has 132 valence electrons. The molecule has 0 radical (unpaired) electrons. The molecule has 0 aliphatic carbocycles. The van der Waals surface area contributed by atoms with Crippen LogP contribution in [0.4, 0.5) is 4.79 Å². The first-order chi connectivity index (χ1) is 11.6. The average molecular weight is 334 g/mol. The summed E-state index contributed by atoms with van der Waals surface area (Å²) in [4.78, 5) is 27.6. The van der Waals surface area contributed by atoms with Crippen LogP contribution in [-0.4, -0.2) is 54.5 Å². The number of likely N-dealkylation sites (tertiary alicyclic amines) is 2. The smallest absolute Gasteiger partial charge is 0.314 e. The number of nitrogens with two attached hydrogens (primary N) is 1. The van der Waals surface area contributed by atoms with Crippen LogP contribution in [-0.2, 0) is 4.79 Å². The molecule has 2 aliphatic heterocycles. The Kier molecular flexibility index (Phi) is 5.40. The molecule has 0 bridgehead atoms. The van der Waals surface area contributed by atoms with Crippen LogP contribution in [0.2, 0.25) is 0 Å². The number of carbonyl (C=O) groups excluding carboxylic acids is 2. The molecule has 1 aromatic rings. The molecule has 3 amide bonds. The van der Waals surface area contributed by atoms with E-state index in [1.54, 1.807) is 11.2 Å². The fourth-order valence-electron chi connectivity index (χ4n) is 3.65. The minimum absolute atomic E-state index is 0.0450. The van der Waals surface area contributed by atoms with E-state index >= 15 is 0 Å². The van der Waals surface area contributed by atoms with Gasteiger partial charge in [-0.2, -0.15) is 0 Å². The average Bonchev–Trinajstić information content (AvgIpc) is 3.29. The summed E-state index contributed by atoms with van der Waals surface area (Å²) in [5, 5.41) is 3.09. The summed E-state index contributed by atoms with van der Waals surface area (Å²) in [6, 6.07) is 3.55. The third-order valence-electron chi connectivity index (χ3n) is 5.10. The highest BCUT2D eigenvalue weighted by Gasteiger charge is 2.29. The second kappa shape index (κ2) is 7.70. The van der Waals surface area contributed by atoms with Gasteiger partial charge in [0.1, 0.15) is 5.76 Å². The van der Waals surface area contributed by atoms with Crippen LogP contribution in [0.1, 0.15) is 37.5 Å². The number of nitrogens with zero attached hydrogens (tertiary/aromatic N) is 2. The van der Waals surface area contributed by atoms with Crippen molar-refractivity contribution in [1.29, 1.82) is 0 Å². The lowest BCUT2D eigenvalue weighted by atomic mass is 9.96. The van der Waals surface area contributed by atoms with Crippen molar-refractivity contribution in [3.63, 3.8) is 0 Å². The highest BCUT2D eigenvalue weighted by molar-refractivity contribution is 5.79. The standard InChI is InChI=1S/C17H26N4O3/c18-17(23)21-9-5-13(6-10-21)16(22)19-12-14(15-4-3-11-24-15)20-7-1-2-8-20/h3-4,11,13-14H,1-2,5-10,12H2,(H2,18,23)(H,19,22). The second-order valence-electron chi connectivity index (χ2n) is 6.62. The number of urea groups is 1. The molecule has 3 N–H and O–H groups in total. The molecule has 0 aromatic carbocycles. The Morgan fingerprint density at radius 1 is 1.25 bits per heavy atom. The molecule has 2 fully saturated rings. The number of hydrogen-bond donors (Lipinski definition) is 2. The highest BCUT2D eigenvalue weighted by atomic mass is 16.3. The molecule has 0 spiro atoms. The molecule has 0 saturated carbocycles. The van der Waals surface area contributed by atoms with Crippen molar-refractivity contribution < 1.29 is 14.0 Å².